The largest absolute Gasteiger partial charge is 0.441 e. The van der Waals surface area contributed by atoms with Gasteiger partial charge in [-0.25, -0.2) is 4.39 Å². The summed E-state index contributed by atoms with van der Waals surface area (Å²) in [5.74, 6) is -1.50. The van der Waals surface area contributed by atoms with Crippen molar-refractivity contribution in [2.24, 2.45) is 5.73 Å². The maximum absolute atomic E-state index is 13.5. The van der Waals surface area contributed by atoms with E-state index >= 15 is 0 Å². The highest BCUT2D eigenvalue weighted by atomic mass is 32.2. The highest BCUT2D eigenvalue weighted by Gasteiger charge is 2.27. The van der Waals surface area contributed by atoms with Crippen LogP contribution in [0, 0.1) is 5.82 Å². The summed E-state index contributed by atoms with van der Waals surface area (Å²) in [5.41, 5.74) is 1.04. The Morgan fingerprint density at radius 2 is 2.05 bits per heavy atom. The molecule has 1 amide bonds. The summed E-state index contributed by atoms with van der Waals surface area (Å²) in [7, 11) is 0. The molecule has 3 nitrogen and oxygen atoms in total. The molecule has 0 saturated heterocycles. The van der Waals surface area contributed by atoms with Crippen LogP contribution >= 0.6 is 11.8 Å². The van der Waals surface area contributed by atoms with Crippen molar-refractivity contribution in [2.45, 2.75) is 12.1 Å². The summed E-state index contributed by atoms with van der Waals surface area (Å²) in [4.78, 5) is 10.8. The predicted molar refractivity (Wildman–Crippen MR) is 65.1 cm³/mol. The Morgan fingerprint density at radius 1 is 1.37 bits per heavy atom. The molecule has 0 atom stereocenters. The van der Waals surface area contributed by atoms with E-state index in [1.807, 2.05) is 0 Å². The zero-order valence-corrected chi connectivity index (χ0v) is 10.6. The first-order valence-corrected chi connectivity index (χ1v) is 6.28. The van der Waals surface area contributed by atoms with Gasteiger partial charge in [-0.1, -0.05) is 6.07 Å². The number of nitrogens with two attached hydrogens (primary N) is 1. The average molecular weight is 296 g/mol. The van der Waals surface area contributed by atoms with Crippen molar-refractivity contribution in [1.29, 1.82) is 0 Å². The molecule has 0 fully saturated rings. The summed E-state index contributed by atoms with van der Waals surface area (Å²) in [6.45, 7) is 0.185. The third-order valence-corrected chi connectivity index (χ3v) is 2.93. The molecule has 0 radical (unpaired) electrons. The summed E-state index contributed by atoms with van der Waals surface area (Å²) < 4.78 is 48.9. The van der Waals surface area contributed by atoms with Crippen molar-refractivity contribution in [3.63, 3.8) is 0 Å². The van der Waals surface area contributed by atoms with E-state index < -0.39 is 17.2 Å². The van der Waals surface area contributed by atoms with E-state index in [1.54, 1.807) is 0 Å². The van der Waals surface area contributed by atoms with Crippen molar-refractivity contribution in [3.05, 3.63) is 35.1 Å². The van der Waals surface area contributed by atoms with E-state index in [9.17, 15) is 22.4 Å². The van der Waals surface area contributed by atoms with Crippen LogP contribution in [-0.4, -0.2) is 23.7 Å². The second-order valence-electron chi connectivity index (χ2n) is 3.64. The van der Waals surface area contributed by atoms with Crippen LogP contribution in [0.3, 0.4) is 0 Å². The smallest absolute Gasteiger partial charge is 0.366 e. The number of primary amides is 1. The van der Waals surface area contributed by atoms with Gasteiger partial charge < -0.3 is 11.1 Å². The van der Waals surface area contributed by atoms with Crippen LogP contribution in [0.5, 0.6) is 0 Å². The first-order chi connectivity index (χ1) is 8.79. The molecular weight excluding hydrogens is 284 g/mol. The molecule has 1 aromatic rings. The summed E-state index contributed by atoms with van der Waals surface area (Å²) in [6.07, 6.45) is 0. The fourth-order valence-corrected chi connectivity index (χ4v) is 1.78. The van der Waals surface area contributed by atoms with Gasteiger partial charge in [0.1, 0.15) is 5.82 Å². The van der Waals surface area contributed by atoms with Gasteiger partial charge in [0.05, 0.1) is 0 Å². The number of carbonyl (C=O) groups is 1. The zero-order chi connectivity index (χ0) is 14.5. The van der Waals surface area contributed by atoms with Crippen molar-refractivity contribution < 1.29 is 22.4 Å². The monoisotopic (exact) mass is 296 g/mol. The molecule has 3 N–H and O–H groups in total. The Bertz CT molecular complexity index is 451. The fourth-order valence-electron chi connectivity index (χ4n) is 1.31. The molecule has 0 bridgehead atoms. The third kappa shape index (κ3) is 5.93. The van der Waals surface area contributed by atoms with Crippen LogP contribution in [0.25, 0.3) is 0 Å². The lowest BCUT2D eigenvalue weighted by Gasteiger charge is -2.08. The van der Waals surface area contributed by atoms with Crippen LogP contribution in [-0.2, 0) is 6.54 Å². The number of benzene rings is 1. The summed E-state index contributed by atoms with van der Waals surface area (Å²) in [6, 6.07) is 3.75. The third-order valence-electron chi connectivity index (χ3n) is 2.20. The molecule has 0 aliphatic heterocycles. The average Bonchev–Trinajstić information content (AvgIpc) is 2.28. The molecule has 0 spiro atoms. The van der Waals surface area contributed by atoms with E-state index in [4.69, 9.17) is 5.73 Å². The second kappa shape index (κ2) is 6.76. The van der Waals surface area contributed by atoms with Crippen molar-refractivity contribution in [2.75, 3.05) is 12.3 Å². The Kier molecular flexibility index (Phi) is 5.61. The number of hydrogen-bond donors (Lipinski definition) is 2. The lowest BCUT2D eigenvalue weighted by molar-refractivity contribution is -0.0327. The lowest BCUT2D eigenvalue weighted by atomic mass is 10.1. The van der Waals surface area contributed by atoms with Crippen LogP contribution in [0.1, 0.15) is 15.9 Å². The van der Waals surface area contributed by atoms with Gasteiger partial charge in [-0.2, -0.15) is 13.2 Å². The first kappa shape index (κ1) is 15.8. The highest BCUT2D eigenvalue weighted by Crippen LogP contribution is 2.29. The van der Waals surface area contributed by atoms with Gasteiger partial charge in [-0.3, -0.25) is 4.79 Å². The zero-order valence-electron chi connectivity index (χ0n) is 9.76. The molecule has 1 rings (SSSR count). The Labute approximate surface area is 111 Å². The highest BCUT2D eigenvalue weighted by molar-refractivity contribution is 8.00. The number of thioether (sulfide) groups is 1. The number of amides is 1. The van der Waals surface area contributed by atoms with E-state index in [1.165, 1.54) is 12.1 Å². The molecule has 0 aliphatic carbocycles. The normalized spacial score (nSPS) is 11.6. The molecular formula is C11H12F4N2OS. The van der Waals surface area contributed by atoms with Gasteiger partial charge in [0.2, 0.25) is 5.91 Å². The van der Waals surface area contributed by atoms with E-state index in [0.717, 1.165) is 6.07 Å². The van der Waals surface area contributed by atoms with Gasteiger partial charge in [-0.15, -0.1) is 0 Å². The topological polar surface area (TPSA) is 55.1 Å². The number of rotatable bonds is 6. The maximum Gasteiger partial charge on any atom is 0.441 e. The summed E-state index contributed by atoms with van der Waals surface area (Å²) >= 11 is -0.138. The Hall–Kier alpha value is -1.28. The minimum absolute atomic E-state index is 0.0499. The lowest BCUT2D eigenvalue weighted by Crippen LogP contribution is -2.19. The number of alkyl halides is 3. The quantitative estimate of drug-likeness (QED) is 0.625. The van der Waals surface area contributed by atoms with E-state index in [0.29, 0.717) is 0 Å². The minimum atomic E-state index is -4.25. The predicted octanol–water partition coefficient (Wildman–Crippen LogP) is 2.27. The molecule has 0 saturated carbocycles. The Morgan fingerprint density at radius 3 is 2.58 bits per heavy atom. The molecule has 19 heavy (non-hydrogen) atoms. The maximum atomic E-state index is 13.5. The van der Waals surface area contributed by atoms with Crippen LogP contribution in [0.15, 0.2) is 18.2 Å². The van der Waals surface area contributed by atoms with Gasteiger partial charge in [0.25, 0.3) is 0 Å². The molecule has 0 aromatic heterocycles. The summed E-state index contributed by atoms with van der Waals surface area (Å²) in [5, 5.41) is 2.69. The van der Waals surface area contributed by atoms with Crippen molar-refractivity contribution in [3.8, 4) is 0 Å². The van der Waals surface area contributed by atoms with E-state index in [2.05, 4.69) is 5.32 Å². The number of hydrogen-bond acceptors (Lipinski definition) is 3. The van der Waals surface area contributed by atoms with Crippen LogP contribution in [0.2, 0.25) is 0 Å². The van der Waals surface area contributed by atoms with Gasteiger partial charge in [-0.05, 0) is 23.9 Å². The molecule has 8 heteroatoms. The van der Waals surface area contributed by atoms with Crippen LogP contribution < -0.4 is 11.1 Å². The number of carbonyl (C=O) groups excluding carboxylic acids is 1. The van der Waals surface area contributed by atoms with Gasteiger partial charge in [0.15, 0.2) is 0 Å². The molecule has 1 aromatic carbocycles. The van der Waals surface area contributed by atoms with Crippen LogP contribution in [0.4, 0.5) is 17.6 Å². The van der Waals surface area contributed by atoms with E-state index in [-0.39, 0.29) is 41.7 Å². The van der Waals surface area contributed by atoms with Gasteiger partial charge >= 0.3 is 5.51 Å². The van der Waals surface area contributed by atoms with Gasteiger partial charge in [0, 0.05) is 30.0 Å². The SMILES string of the molecule is NC(=O)c1ccc(CNCCSC(F)(F)F)c(F)c1. The number of nitrogens with one attached hydrogen (secondary N) is 1. The van der Waals surface area contributed by atoms with Crippen molar-refractivity contribution >= 4 is 17.7 Å². The first-order valence-electron chi connectivity index (χ1n) is 5.29. The molecule has 106 valence electrons. The molecule has 0 heterocycles. The Balaban J connectivity index is 2.40. The standard InChI is InChI=1S/C11H12F4N2OS/c12-9-5-7(10(16)18)1-2-8(9)6-17-3-4-19-11(13,14)15/h1-2,5,17H,3-4,6H2,(H2,16,18). The fraction of sp³-hybridized carbons (Fsp3) is 0.364. The minimum Gasteiger partial charge on any atom is -0.366 e. The second-order valence-corrected chi connectivity index (χ2v) is 4.80. The number of halogens is 4. The molecule has 0 aliphatic rings. The molecule has 0 unspecified atom stereocenters. The van der Waals surface area contributed by atoms with Crippen molar-refractivity contribution in [1.82, 2.24) is 5.32 Å².